The molecule has 0 radical (unpaired) electrons. The fraction of sp³-hybridized carbons (Fsp3) is 0.438. The van der Waals surface area contributed by atoms with Crippen LogP contribution in [0.15, 0.2) is 29.7 Å². The smallest absolute Gasteiger partial charge is 0.231 e. The largest absolute Gasteiger partial charge is 0.337 e. The number of rotatable bonds is 5. The second-order valence-corrected chi connectivity index (χ2v) is 6.78. The number of thioether (sulfide) groups is 1. The minimum Gasteiger partial charge on any atom is -0.337 e. The zero-order valence-electron chi connectivity index (χ0n) is 13.4. The Morgan fingerprint density at radius 1 is 1.38 bits per heavy atom. The molecule has 0 saturated heterocycles. The number of nitrogens with one attached hydrogen (secondary N) is 1. The summed E-state index contributed by atoms with van der Waals surface area (Å²) in [6.45, 7) is 0. The molecule has 0 aliphatic heterocycles. The number of hydrogen-bond acceptors (Lipinski definition) is 6. The molecule has 0 atom stereocenters. The van der Waals surface area contributed by atoms with Gasteiger partial charge >= 0.3 is 0 Å². The van der Waals surface area contributed by atoms with E-state index in [1.54, 1.807) is 12.4 Å². The number of pyridine rings is 1. The molecular formula is C16H18N6OS. The average Bonchev–Trinajstić information content (AvgIpc) is 3.21. The van der Waals surface area contributed by atoms with E-state index in [0.29, 0.717) is 5.16 Å². The number of nitriles is 1. The van der Waals surface area contributed by atoms with Crippen molar-refractivity contribution in [1.82, 2.24) is 25.1 Å². The van der Waals surface area contributed by atoms with Gasteiger partial charge in [-0.1, -0.05) is 11.8 Å². The lowest BCUT2D eigenvalue weighted by Gasteiger charge is -2.21. The zero-order chi connectivity index (χ0) is 17.0. The van der Waals surface area contributed by atoms with Gasteiger partial charge in [-0.15, -0.1) is 10.2 Å². The van der Waals surface area contributed by atoms with Gasteiger partial charge in [-0.25, -0.2) is 0 Å². The van der Waals surface area contributed by atoms with Crippen molar-refractivity contribution in [3.8, 4) is 17.5 Å². The van der Waals surface area contributed by atoms with Crippen LogP contribution in [0.1, 0.15) is 25.7 Å². The van der Waals surface area contributed by atoms with Crippen LogP contribution in [0.25, 0.3) is 11.4 Å². The van der Waals surface area contributed by atoms with Crippen LogP contribution in [0.4, 0.5) is 0 Å². The molecule has 1 aliphatic carbocycles. The van der Waals surface area contributed by atoms with E-state index in [1.165, 1.54) is 11.8 Å². The topological polar surface area (TPSA) is 96.5 Å². The Labute approximate surface area is 144 Å². The van der Waals surface area contributed by atoms with Gasteiger partial charge in [0.05, 0.1) is 11.8 Å². The van der Waals surface area contributed by atoms with E-state index < -0.39 is 5.54 Å². The highest BCUT2D eigenvalue weighted by molar-refractivity contribution is 7.99. The zero-order valence-corrected chi connectivity index (χ0v) is 14.2. The summed E-state index contributed by atoms with van der Waals surface area (Å²) in [5.74, 6) is 0.799. The lowest BCUT2D eigenvalue weighted by Crippen LogP contribution is -2.45. The average molecular weight is 342 g/mol. The third-order valence-corrected chi connectivity index (χ3v) is 5.18. The summed E-state index contributed by atoms with van der Waals surface area (Å²) < 4.78 is 1.85. The standard InChI is InChI=1S/C16H18N6OS/c1-22-14(12-4-8-18-9-5-12)20-21-15(22)24-10-13(23)19-16(11-17)6-2-3-7-16/h4-5,8-9H,2-3,6-7,10H2,1H3,(H,19,23). The number of hydrogen-bond donors (Lipinski definition) is 1. The van der Waals surface area contributed by atoms with E-state index in [-0.39, 0.29) is 11.7 Å². The van der Waals surface area contributed by atoms with Gasteiger partial charge in [-0.05, 0) is 37.8 Å². The van der Waals surface area contributed by atoms with Gasteiger partial charge in [0, 0.05) is 25.0 Å². The Morgan fingerprint density at radius 2 is 2.08 bits per heavy atom. The third kappa shape index (κ3) is 3.41. The van der Waals surface area contributed by atoms with Crippen molar-refractivity contribution in [3.63, 3.8) is 0 Å². The van der Waals surface area contributed by atoms with Gasteiger partial charge in [0.25, 0.3) is 0 Å². The molecule has 1 aliphatic rings. The molecule has 0 bridgehead atoms. The highest BCUT2D eigenvalue weighted by Crippen LogP contribution is 2.29. The van der Waals surface area contributed by atoms with Crippen LogP contribution in [0.2, 0.25) is 0 Å². The van der Waals surface area contributed by atoms with Crippen molar-refractivity contribution in [1.29, 1.82) is 5.26 Å². The molecule has 2 heterocycles. The number of amides is 1. The van der Waals surface area contributed by atoms with Gasteiger partial charge in [0.2, 0.25) is 5.91 Å². The first kappa shape index (κ1) is 16.5. The summed E-state index contributed by atoms with van der Waals surface area (Å²) in [4.78, 5) is 16.2. The fourth-order valence-corrected chi connectivity index (χ4v) is 3.58. The molecule has 1 amide bonds. The Kier molecular flexibility index (Phi) is 4.81. The lowest BCUT2D eigenvalue weighted by atomic mass is 10.0. The molecule has 3 rings (SSSR count). The third-order valence-electron chi connectivity index (χ3n) is 4.16. The van der Waals surface area contributed by atoms with Crippen molar-refractivity contribution in [3.05, 3.63) is 24.5 Å². The van der Waals surface area contributed by atoms with Gasteiger partial charge in [-0.3, -0.25) is 9.78 Å². The Hall–Kier alpha value is -2.40. The minimum atomic E-state index is -0.681. The van der Waals surface area contributed by atoms with Gasteiger partial charge in [-0.2, -0.15) is 5.26 Å². The number of nitrogens with zero attached hydrogens (tertiary/aromatic N) is 5. The maximum Gasteiger partial charge on any atom is 0.231 e. The normalized spacial score (nSPS) is 15.8. The van der Waals surface area contributed by atoms with Gasteiger partial charge in [0.1, 0.15) is 5.54 Å². The van der Waals surface area contributed by atoms with Crippen molar-refractivity contribution >= 4 is 17.7 Å². The van der Waals surface area contributed by atoms with Crippen LogP contribution in [-0.4, -0.2) is 36.9 Å². The van der Waals surface area contributed by atoms with Crippen LogP contribution in [0.5, 0.6) is 0 Å². The molecule has 2 aromatic heterocycles. The van der Waals surface area contributed by atoms with Crippen LogP contribution in [0.3, 0.4) is 0 Å². The maximum absolute atomic E-state index is 12.2. The number of aromatic nitrogens is 4. The summed E-state index contributed by atoms with van der Waals surface area (Å²) in [6.07, 6.45) is 6.84. The highest BCUT2D eigenvalue weighted by Gasteiger charge is 2.35. The highest BCUT2D eigenvalue weighted by atomic mass is 32.2. The van der Waals surface area contributed by atoms with Crippen LogP contribution >= 0.6 is 11.8 Å². The molecule has 1 N–H and O–H groups in total. The Bertz CT molecular complexity index is 761. The predicted molar refractivity (Wildman–Crippen MR) is 89.9 cm³/mol. The summed E-state index contributed by atoms with van der Waals surface area (Å²) in [7, 11) is 1.86. The molecule has 124 valence electrons. The molecule has 0 spiro atoms. The molecule has 24 heavy (non-hydrogen) atoms. The predicted octanol–water partition coefficient (Wildman–Crippen LogP) is 1.92. The molecule has 2 aromatic rings. The molecular weight excluding hydrogens is 324 g/mol. The van der Waals surface area contributed by atoms with Crippen LogP contribution in [-0.2, 0) is 11.8 Å². The Morgan fingerprint density at radius 3 is 2.75 bits per heavy atom. The summed E-state index contributed by atoms with van der Waals surface area (Å²) >= 11 is 1.32. The molecule has 0 unspecified atom stereocenters. The van der Waals surface area contributed by atoms with E-state index in [1.807, 2.05) is 23.7 Å². The monoisotopic (exact) mass is 342 g/mol. The van der Waals surface area contributed by atoms with Gasteiger partial charge in [0.15, 0.2) is 11.0 Å². The van der Waals surface area contributed by atoms with Crippen molar-refractivity contribution < 1.29 is 4.79 Å². The first-order valence-electron chi connectivity index (χ1n) is 7.78. The van der Waals surface area contributed by atoms with Crippen LogP contribution in [0, 0.1) is 11.3 Å². The summed E-state index contributed by atoms with van der Waals surface area (Å²) in [5, 5.41) is 21.2. The van der Waals surface area contributed by atoms with E-state index >= 15 is 0 Å². The lowest BCUT2D eigenvalue weighted by molar-refractivity contribution is -0.119. The van der Waals surface area contributed by atoms with E-state index in [4.69, 9.17) is 0 Å². The molecule has 1 saturated carbocycles. The molecule has 7 nitrogen and oxygen atoms in total. The second-order valence-electron chi connectivity index (χ2n) is 5.84. The van der Waals surface area contributed by atoms with E-state index in [2.05, 4.69) is 26.6 Å². The summed E-state index contributed by atoms with van der Waals surface area (Å²) in [5.41, 5.74) is 0.241. The number of carbonyl (C=O) groups is 1. The molecule has 8 heteroatoms. The number of carbonyl (C=O) groups excluding carboxylic acids is 1. The Balaban J connectivity index is 1.62. The first-order valence-corrected chi connectivity index (χ1v) is 8.77. The maximum atomic E-state index is 12.2. The molecule has 1 fully saturated rings. The van der Waals surface area contributed by atoms with Crippen LogP contribution < -0.4 is 5.32 Å². The quantitative estimate of drug-likeness (QED) is 0.834. The van der Waals surface area contributed by atoms with Crippen molar-refractivity contribution in [2.75, 3.05) is 5.75 Å². The first-order chi connectivity index (χ1) is 11.6. The SMILES string of the molecule is Cn1c(SCC(=O)NC2(C#N)CCCC2)nnc1-c1ccncc1. The van der Waals surface area contributed by atoms with Gasteiger partial charge < -0.3 is 9.88 Å². The fourth-order valence-electron chi connectivity index (χ4n) is 2.87. The second kappa shape index (κ2) is 7.01. The van der Waals surface area contributed by atoms with Crippen molar-refractivity contribution in [2.45, 2.75) is 36.4 Å². The molecule has 0 aromatic carbocycles. The minimum absolute atomic E-state index is 0.142. The van der Waals surface area contributed by atoms with Crippen molar-refractivity contribution in [2.24, 2.45) is 7.05 Å². The van der Waals surface area contributed by atoms with E-state index in [0.717, 1.165) is 37.1 Å². The summed E-state index contributed by atoms with van der Waals surface area (Å²) in [6, 6.07) is 5.99. The van der Waals surface area contributed by atoms with E-state index in [9.17, 15) is 10.1 Å².